The molecule has 0 saturated carbocycles. The molecule has 3 rings (SSSR count). The van der Waals surface area contributed by atoms with Gasteiger partial charge in [0.05, 0.1) is 22.5 Å². The second-order valence-corrected chi connectivity index (χ2v) is 8.13. The fourth-order valence-electron chi connectivity index (χ4n) is 2.88. The van der Waals surface area contributed by atoms with E-state index in [1.54, 1.807) is 18.2 Å². The first-order valence-electron chi connectivity index (χ1n) is 9.52. The van der Waals surface area contributed by atoms with Crippen molar-refractivity contribution in [1.82, 2.24) is 5.32 Å². The van der Waals surface area contributed by atoms with E-state index in [9.17, 15) is 9.59 Å². The lowest BCUT2D eigenvalue weighted by molar-refractivity contribution is -0.115. The molecule has 2 amide bonds. The number of anilines is 1. The van der Waals surface area contributed by atoms with Gasteiger partial charge in [0.1, 0.15) is 0 Å². The predicted molar refractivity (Wildman–Crippen MR) is 119 cm³/mol. The van der Waals surface area contributed by atoms with Gasteiger partial charge >= 0.3 is 0 Å². The maximum Gasteiger partial charge on any atom is 0.253 e. The van der Waals surface area contributed by atoms with Crippen molar-refractivity contribution in [1.29, 1.82) is 0 Å². The third-order valence-corrected chi connectivity index (χ3v) is 5.61. The SMILES string of the molecule is C[C@@H](Sc1ccccc1)C(=O)Nc1ccccc1C(=O)N[C@H](C)c1ccccc1. The van der Waals surface area contributed by atoms with Gasteiger partial charge in [-0.25, -0.2) is 0 Å². The number of para-hydroxylation sites is 1. The Morgan fingerprint density at radius 1 is 0.793 bits per heavy atom. The minimum atomic E-state index is -0.295. The van der Waals surface area contributed by atoms with E-state index in [1.807, 2.05) is 80.6 Å². The molecule has 0 fully saturated rings. The molecule has 0 heterocycles. The molecule has 0 saturated heterocycles. The zero-order chi connectivity index (χ0) is 20.6. The fraction of sp³-hybridized carbons (Fsp3) is 0.167. The Labute approximate surface area is 175 Å². The molecule has 0 aliphatic carbocycles. The molecule has 5 heteroatoms. The summed E-state index contributed by atoms with van der Waals surface area (Å²) in [6, 6.07) is 26.5. The highest BCUT2D eigenvalue weighted by Gasteiger charge is 2.19. The van der Waals surface area contributed by atoms with Crippen molar-refractivity contribution < 1.29 is 9.59 Å². The fourth-order valence-corrected chi connectivity index (χ4v) is 3.77. The number of nitrogens with one attached hydrogen (secondary N) is 2. The van der Waals surface area contributed by atoms with E-state index in [1.165, 1.54) is 11.8 Å². The van der Waals surface area contributed by atoms with Crippen molar-refractivity contribution in [3.8, 4) is 0 Å². The number of hydrogen-bond donors (Lipinski definition) is 2. The highest BCUT2D eigenvalue weighted by molar-refractivity contribution is 8.00. The molecule has 3 aromatic rings. The lowest BCUT2D eigenvalue weighted by atomic mass is 10.1. The van der Waals surface area contributed by atoms with E-state index in [0.717, 1.165) is 10.5 Å². The quantitative estimate of drug-likeness (QED) is 0.526. The number of hydrogen-bond acceptors (Lipinski definition) is 3. The average Bonchev–Trinajstić information content (AvgIpc) is 2.75. The number of benzene rings is 3. The minimum Gasteiger partial charge on any atom is -0.345 e. The van der Waals surface area contributed by atoms with E-state index >= 15 is 0 Å². The van der Waals surface area contributed by atoms with Gasteiger partial charge in [-0.3, -0.25) is 9.59 Å². The number of amides is 2. The molecule has 4 nitrogen and oxygen atoms in total. The van der Waals surface area contributed by atoms with Gasteiger partial charge in [-0.05, 0) is 43.7 Å². The molecule has 0 spiro atoms. The van der Waals surface area contributed by atoms with Crippen molar-refractivity contribution >= 4 is 29.3 Å². The monoisotopic (exact) mass is 404 g/mol. The van der Waals surface area contributed by atoms with Gasteiger partial charge in [0.2, 0.25) is 5.91 Å². The molecule has 29 heavy (non-hydrogen) atoms. The van der Waals surface area contributed by atoms with Gasteiger partial charge in [0.25, 0.3) is 5.91 Å². The molecule has 3 aromatic carbocycles. The maximum absolute atomic E-state index is 12.8. The smallest absolute Gasteiger partial charge is 0.253 e. The van der Waals surface area contributed by atoms with Crippen molar-refractivity contribution in [2.24, 2.45) is 0 Å². The number of thioether (sulfide) groups is 1. The van der Waals surface area contributed by atoms with E-state index in [-0.39, 0.29) is 23.1 Å². The molecule has 148 valence electrons. The zero-order valence-electron chi connectivity index (χ0n) is 16.5. The van der Waals surface area contributed by atoms with Crippen molar-refractivity contribution in [2.75, 3.05) is 5.32 Å². The van der Waals surface area contributed by atoms with Gasteiger partial charge in [0, 0.05) is 4.90 Å². The first kappa shape index (κ1) is 20.7. The topological polar surface area (TPSA) is 58.2 Å². The number of rotatable bonds is 7. The van der Waals surface area contributed by atoms with Gasteiger partial charge in [0.15, 0.2) is 0 Å². The minimum absolute atomic E-state index is 0.139. The Bertz CT molecular complexity index is 961. The van der Waals surface area contributed by atoms with Crippen LogP contribution in [0.3, 0.4) is 0 Å². The van der Waals surface area contributed by atoms with Crippen LogP contribution in [0.15, 0.2) is 89.8 Å². The summed E-state index contributed by atoms with van der Waals surface area (Å²) >= 11 is 1.48. The highest BCUT2D eigenvalue weighted by Crippen LogP contribution is 2.25. The maximum atomic E-state index is 12.8. The summed E-state index contributed by atoms with van der Waals surface area (Å²) in [4.78, 5) is 26.5. The molecule has 0 unspecified atom stereocenters. The van der Waals surface area contributed by atoms with Crippen LogP contribution < -0.4 is 10.6 Å². The molecule has 2 N–H and O–H groups in total. The Morgan fingerprint density at radius 2 is 1.38 bits per heavy atom. The van der Waals surface area contributed by atoms with Crippen molar-refractivity contribution in [2.45, 2.75) is 30.0 Å². The van der Waals surface area contributed by atoms with Crippen LogP contribution in [0.4, 0.5) is 5.69 Å². The first-order valence-corrected chi connectivity index (χ1v) is 10.4. The average molecular weight is 405 g/mol. The van der Waals surface area contributed by atoms with Gasteiger partial charge < -0.3 is 10.6 Å². The largest absolute Gasteiger partial charge is 0.345 e. The first-order chi connectivity index (χ1) is 14.0. The van der Waals surface area contributed by atoms with Crippen LogP contribution >= 0.6 is 11.8 Å². The summed E-state index contributed by atoms with van der Waals surface area (Å²) in [5.74, 6) is -0.365. The van der Waals surface area contributed by atoms with E-state index in [2.05, 4.69) is 10.6 Å². The molecule has 0 bridgehead atoms. The van der Waals surface area contributed by atoms with Gasteiger partial charge in [-0.1, -0.05) is 60.7 Å². The van der Waals surface area contributed by atoms with Crippen LogP contribution in [0.25, 0.3) is 0 Å². The highest BCUT2D eigenvalue weighted by atomic mass is 32.2. The number of carbonyl (C=O) groups excluding carboxylic acids is 2. The van der Waals surface area contributed by atoms with Crippen molar-refractivity contribution in [3.63, 3.8) is 0 Å². The summed E-state index contributed by atoms with van der Waals surface area (Å²) in [5.41, 5.74) is 1.98. The lowest BCUT2D eigenvalue weighted by Crippen LogP contribution is -2.29. The second-order valence-electron chi connectivity index (χ2n) is 6.71. The molecular formula is C24H24N2O2S. The molecular weight excluding hydrogens is 380 g/mol. The molecule has 2 atom stereocenters. The van der Waals surface area contributed by atoms with Crippen LogP contribution in [0.5, 0.6) is 0 Å². The summed E-state index contributed by atoms with van der Waals surface area (Å²) in [6.07, 6.45) is 0. The normalized spacial score (nSPS) is 12.6. The van der Waals surface area contributed by atoms with E-state index in [4.69, 9.17) is 0 Å². The standard InChI is InChI=1S/C24H24N2O2S/c1-17(19-11-5-3-6-12-19)25-24(28)21-15-9-10-16-22(21)26-23(27)18(2)29-20-13-7-4-8-14-20/h3-18H,1-2H3,(H,25,28)(H,26,27)/t17-,18-/m1/s1. The van der Waals surface area contributed by atoms with Crippen LogP contribution in [0.1, 0.15) is 35.8 Å². The van der Waals surface area contributed by atoms with Crippen LogP contribution in [-0.4, -0.2) is 17.1 Å². The predicted octanol–water partition coefficient (Wildman–Crippen LogP) is 5.30. The van der Waals surface area contributed by atoms with Crippen LogP contribution in [0.2, 0.25) is 0 Å². The Morgan fingerprint density at radius 3 is 2.07 bits per heavy atom. The Hall–Kier alpha value is -3.05. The molecule has 0 aliphatic rings. The summed E-state index contributed by atoms with van der Waals surface area (Å²) < 4.78 is 0. The summed E-state index contributed by atoms with van der Waals surface area (Å²) in [7, 11) is 0. The zero-order valence-corrected chi connectivity index (χ0v) is 17.3. The van der Waals surface area contributed by atoms with E-state index < -0.39 is 0 Å². The molecule has 0 aliphatic heterocycles. The van der Waals surface area contributed by atoms with E-state index in [0.29, 0.717) is 11.3 Å². The third kappa shape index (κ3) is 5.72. The van der Waals surface area contributed by atoms with Crippen LogP contribution in [-0.2, 0) is 4.79 Å². The van der Waals surface area contributed by atoms with Gasteiger partial charge in [-0.2, -0.15) is 0 Å². The molecule has 0 aromatic heterocycles. The second kappa shape index (κ2) is 9.94. The van der Waals surface area contributed by atoms with Crippen LogP contribution in [0, 0.1) is 0 Å². The summed E-state index contributed by atoms with van der Waals surface area (Å²) in [5, 5.41) is 5.61. The Kier molecular flexibility index (Phi) is 7.09. The lowest BCUT2D eigenvalue weighted by Gasteiger charge is -2.17. The molecule has 0 radical (unpaired) electrons. The number of carbonyl (C=O) groups is 2. The van der Waals surface area contributed by atoms with Crippen molar-refractivity contribution in [3.05, 3.63) is 96.1 Å². The Balaban J connectivity index is 1.68. The third-order valence-electron chi connectivity index (χ3n) is 4.50. The van der Waals surface area contributed by atoms with Gasteiger partial charge in [-0.15, -0.1) is 11.8 Å². The summed E-state index contributed by atoms with van der Waals surface area (Å²) in [6.45, 7) is 3.79.